The molecule has 0 saturated carbocycles. The Morgan fingerprint density at radius 2 is 1.90 bits per heavy atom. The number of nitrogens with one attached hydrogen (secondary N) is 2. The molecular formula is C14H22N4O2. The van der Waals surface area contributed by atoms with E-state index in [1.54, 1.807) is 12.1 Å². The number of hydrogen-bond donors (Lipinski definition) is 4. The van der Waals surface area contributed by atoms with Crippen LogP contribution in [0.5, 0.6) is 0 Å². The number of nitrogen functional groups attached to an aromatic ring is 1. The summed E-state index contributed by atoms with van der Waals surface area (Å²) in [5.41, 5.74) is 12.2. The number of amides is 2. The van der Waals surface area contributed by atoms with Gasteiger partial charge in [-0.15, -0.1) is 0 Å². The van der Waals surface area contributed by atoms with Crippen LogP contribution in [0.15, 0.2) is 18.2 Å². The van der Waals surface area contributed by atoms with Crippen molar-refractivity contribution in [3.05, 3.63) is 23.8 Å². The molecule has 20 heavy (non-hydrogen) atoms. The summed E-state index contributed by atoms with van der Waals surface area (Å²) in [6, 6.07) is 4.78. The van der Waals surface area contributed by atoms with Gasteiger partial charge in [0.05, 0.1) is 11.4 Å². The van der Waals surface area contributed by atoms with Crippen LogP contribution >= 0.6 is 0 Å². The summed E-state index contributed by atoms with van der Waals surface area (Å²) in [4.78, 5) is 22.6. The molecule has 0 spiro atoms. The summed E-state index contributed by atoms with van der Waals surface area (Å²) in [5.74, 6) is -0.551. The molecule has 6 heteroatoms. The molecule has 1 rings (SSSR count). The molecule has 2 amide bonds. The second kappa shape index (κ2) is 6.27. The Morgan fingerprint density at radius 3 is 2.40 bits per heavy atom. The molecule has 0 atom stereocenters. The molecule has 0 saturated heterocycles. The van der Waals surface area contributed by atoms with Crippen molar-refractivity contribution in [3.8, 4) is 0 Å². The van der Waals surface area contributed by atoms with Gasteiger partial charge in [-0.25, -0.2) is 0 Å². The predicted molar refractivity (Wildman–Crippen MR) is 80.4 cm³/mol. The van der Waals surface area contributed by atoms with E-state index in [0.29, 0.717) is 29.9 Å². The molecule has 0 aliphatic carbocycles. The molecule has 0 bridgehead atoms. The van der Waals surface area contributed by atoms with Crippen LogP contribution in [0.3, 0.4) is 0 Å². The van der Waals surface area contributed by atoms with E-state index in [0.717, 1.165) is 0 Å². The number of anilines is 2. The predicted octanol–water partition coefficient (Wildman–Crippen LogP) is 1.08. The highest BCUT2D eigenvalue weighted by Crippen LogP contribution is 2.19. The van der Waals surface area contributed by atoms with E-state index in [1.165, 1.54) is 6.07 Å². The highest BCUT2D eigenvalue weighted by Gasteiger charge is 2.13. The largest absolute Gasteiger partial charge is 0.397 e. The van der Waals surface area contributed by atoms with Crippen LogP contribution in [-0.4, -0.2) is 23.9 Å². The first-order valence-electron chi connectivity index (χ1n) is 6.43. The lowest BCUT2D eigenvalue weighted by Gasteiger charge is -2.20. The van der Waals surface area contributed by atoms with Crippen molar-refractivity contribution < 1.29 is 9.59 Å². The molecule has 0 aliphatic heterocycles. The Labute approximate surface area is 118 Å². The van der Waals surface area contributed by atoms with Crippen molar-refractivity contribution in [2.24, 2.45) is 5.73 Å². The molecule has 6 N–H and O–H groups in total. The first-order valence-corrected chi connectivity index (χ1v) is 6.43. The molecule has 1 aromatic rings. The van der Waals surface area contributed by atoms with E-state index in [2.05, 4.69) is 10.6 Å². The number of benzene rings is 1. The molecule has 0 fully saturated rings. The minimum Gasteiger partial charge on any atom is -0.397 e. The summed E-state index contributed by atoms with van der Waals surface area (Å²) in [5, 5.41) is 5.93. The first-order chi connectivity index (χ1) is 9.19. The van der Waals surface area contributed by atoms with Gasteiger partial charge in [-0.1, -0.05) is 0 Å². The van der Waals surface area contributed by atoms with Crippen molar-refractivity contribution in [2.45, 2.75) is 32.7 Å². The number of nitrogens with two attached hydrogens (primary N) is 2. The Morgan fingerprint density at radius 1 is 1.25 bits per heavy atom. The van der Waals surface area contributed by atoms with Crippen molar-refractivity contribution >= 4 is 23.2 Å². The van der Waals surface area contributed by atoms with Crippen molar-refractivity contribution in [1.29, 1.82) is 0 Å². The van der Waals surface area contributed by atoms with Gasteiger partial charge in [0, 0.05) is 24.1 Å². The number of primary amides is 1. The molecule has 1 aromatic carbocycles. The van der Waals surface area contributed by atoms with Gasteiger partial charge in [0.15, 0.2) is 0 Å². The minimum atomic E-state index is -0.521. The normalized spacial score (nSPS) is 10.9. The van der Waals surface area contributed by atoms with Gasteiger partial charge in [-0.05, 0) is 39.0 Å². The highest BCUT2D eigenvalue weighted by atomic mass is 16.2. The molecule has 0 aromatic heterocycles. The average molecular weight is 278 g/mol. The van der Waals surface area contributed by atoms with Crippen LogP contribution in [0.1, 0.15) is 37.6 Å². The van der Waals surface area contributed by atoms with Gasteiger partial charge < -0.3 is 22.1 Å². The number of carbonyl (C=O) groups is 2. The van der Waals surface area contributed by atoms with Gasteiger partial charge in [0.2, 0.25) is 11.8 Å². The highest BCUT2D eigenvalue weighted by molar-refractivity contribution is 5.94. The summed E-state index contributed by atoms with van der Waals surface area (Å²) >= 11 is 0. The zero-order valence-corrected chi connectivity index (χ0v) is 12.1. The van der Waals surface area contributed by atoms with E-state index < -0.39 is 5.91 Å². The quantitative estimate of drug-likeness (QED) is 0.604. The Bertz CT molecular complexity index is 506. The average Bonchev–Trinajstić information content (AvgIpc) is 2.28. The van der Waals surface area contributed by atoms with E-state index in [1.807, 2.05) is 20.8 Å². The van der Waals surface area contributed by atoms with Crippen LogP contribution < -0.4 is 22.1 Å². The summed E-state index contributed by atoms with van der Waals surface area (Å²) in [6.07, 6.45) is 0.342. The van der Waals surface area contributed by atoms with Gasteiger partial charge in [0.1, 0.15) is 0 Å². The first kappa shape index (κ1) is 15.8. The van der Waals surface area contributed by atoms with E-state index in [-0.39, 0.29) is 11.4 Å². The summed E-state index contributed by atoms with van der Waals surface area (Å²) in [6.45, 7) is 6.25. The summed E-state index contributed by atoms with van der Waals surface area (Å²) in [7, 11) is 0. The Kier molecular flexibility index (Phi) is 4.96. The van der Waals surface area contributed by atoms with Crippen molar-refractivity contribution in [1.82, 2.24) is 5.32 Å². The Hall–Kier alpha value is -2.24. The van der Waals surface area contributed by atoms with E-state index in [4.69, 9.17) is 11.5 Å². The van der Waals surface area contributed by atoms with Crippen LogP contribution in [0.25, 0.3) is 0 Å². The molecule has 0 aliphatic rings. The smallest absolute Gasteiger partial charge is 0.248 e. The molecule has 110 valence electrons. The molecule has 0 heterocycles. The summed E-state index contributed by atoms with van der Waals surface area (Å²) < 4.78 is 0. The second-order valence-corrected chi connectivity index (χ2v) is 5.64. The Balaban J connectivity index is 2.51. The number of carbonyl (C=O) groups excluding carboxylic acids is 2. The van der Waals surface area contributed by atoms with Gasteiger partial charge >= 0.3 is 0 Å². The molecular weight excluding hydrogens is 256 g/mol. The second-order valence-electron chi connectivity index (χ2n) is 5.64. The number of hydrogen-bond acceptors (Lipinski definition) is 4. The zero-order valence-electron chi connectivity index (χ0n) is 12.1. The fourth-order valence-corrected chi connectivity index (χ4v) is 1.67. The standard InChI is InChI=1S/C14H22N4O2/c1-14(2,3)18-12(19)6-7-17-11-5-4-9(13(16)20)8-10(11)15/h4-5,8,17H,6-7,15H2,1-3H3,(H2,16,20)(H,18,19). The van der Waals surface area contributed by atoms with Crippen LogP contribution in [-0.2, 0) is 4.79 Å². The van der Waals surface area contributed by atoms with Crippen LogP contribution in [0.4, 0.5) is 11.4 Å². The lowest BCUT2D eigenvalue weighted by Crippen LogP contribution is -2.41. The van der Waals surface area contributed by atoms with Gasteiger partial charge in [0.25, 0.3) is 0 Å². The third-order valence-corrected chi connectivity index (χ3v) is 2.52. The molecule has 0 radical (unpaired) electrons. The van der Waals surface area contributed by atoms with Gasteiger partial charge in [-0.2, -0.15) is 0 Å². The fraction of sp³-hybridized carbons (Fsp3) is 0.429. The minimum absolute atomic E-state index is 0.0303. The third kappa shape index (κ3) is 5.17. The maximum Gasteiger partial charge on any atom is 0.248 e. The zero-order chi connectivity index (χ0) is 15.3. The van der Waals surface area contributed by atoms with Crippen LogP contribution in [0, 0.1) is 0 Å². The lowest BCUT2D eigenvalue weighted by molar-refractivity contribution is -0.122. The topological polar surface area (TPSA) is 110 Å². The SMILES string of the molecule is CC(C)(C)NC(=O)CCNc1ccc(C(N)=O)cc1N. The lowest BCUT2D eigenvalue weighted by atomic mass is 10.1. The fourth-order valence-electron chi connectivity index (χ4n) is 1.67. The van der Waals surface area contributed by atoms with E-state index >= 15 is 0 Å². The maximum absolute atomic E-state index is 11.6. The molecule has 6 nitrogen and oxygen atoms in total. The maximum atomic E-state index is 11.6. The third-order valence-electron chi connectivity index (χ3n) is 2.52. The number of rotatable bonds is 5. The van der Waals surface area contributed by atoms with Crippen molar-refractivity contribution in [2.75, 3.05) is 17.6 Å². The van der Waals surface area contributed by atoms with Gasteiger partial charge in [-0.3, -0.25) is 9.59 Å². The molecule has 0 unspecified atom stereocenters. The monoisotopic (exact) mass is 278 g/mol. The van der Waals surface area contributed by atoms with Crippen molar-refractivity contribution in [3.63, 3.8) is 0 Å². The van der Waals surface area contributed by atoms with Crippen LogP contribution in [0.2, 0.25) is 0 Å². The van der Waals surface area contributed by atoms with E-state index in [9.17, 15) is 9.59 Å².